The van der Waals surface area contributed by atoms with Crippen LogP contribution in [0.15, 0.2) is 24.3 Å². The average Bonchev–Trinajstić information content (AvgIpc) is 2.42. The van der Waals surface area contributed by atoms with Crippen LogP contribution in [-0.4, -0.2) is 9.97 Å². The molecule has 0 bridgehead atoms. The summed E-state index contributed by atoms with van der Waals surface area (Å²) in [5.41, 5.74) is 0.383. The zero-order valence-electron chi connectivity index (χ0n) is 11.7. The van der Waals surface area contributed by atoms with Gasteiger partial charge in [0, 0.05) is 17.5 Å². The molecule has 0 radical (unpaired) electrons. The molecule has 2 rings (SSSR count). The summed E-state index contributed by atoms with van der Waals surface area (Å²) in [6, 6.07) is 5.49. The van der Waals surface area contributed by atoms with Crippen LogP contribution >= 0.6 is 12.2 Å². The number of hydrogen-bond acceptors (Lipinski definition) is 2. The Kier molecular flexibility index (Phi) is 4.46. The Hall–Kier alpha value is -1.69. The van der Waals surface area contributed by atoms with Gasteiger partial charge < -0.3 is 4.98 Å². The van der Waals surface area contributed by atoms with Gasteiger partial charge in [-0.25, -0.2) is 4.98 Å². The number of nitrogens with one attached hydrogen (secondary N) is 1. The monoisotopic (exact) mass is 312 g/mol. The first-order valence-electron chi connectivity index (χ1n) is 6.61. The summed E-state index contributed by atoms with van der Waals surface area (Å²) in [7, 11) is 0. The molecule has 0 unspecified atom stereocenters. The number of rotatable bonds is 3. The van der Waals surface area contributed by atoms with Gasteiger partial charge >= 0.3 is 6.18 Å². The van der Waals surface area contributed by atoms with Crippen LogP contribution in [0, 0.1) is 11.6 Å². The normalized spacial score (nSPS) is 11.7. The molecule has 0 aliphatic carbocycles. The second-order valence-electron chi connectivity index (χ2n) is 4.78. The largest absolute Gasteiger partial charge is 0.417 e. The van der Waals surface area contributed by atoms with Crippen molar-refractivity contribution in [2.45, 2.75) is 32.9 Å². The Morgan fingerprint density at radius 3 is 2.52 bits per heavy atom. The van der Waals surface area contributed by atoms with E-state index < -0.39 is 11.7 Å². The van der Waals surface area contributed by atoms with E-state index in [-0.39, 0.29) is 5.56 Å². The minimum atomic E-state index is -4.41. The third kappa shape index (κ3) is 3.32. The summed E-state index contributed by atoms with van der Waals surface area (Å²) in [4.78, 5) is 7.22. The third-order valence-electron chi connectivity index (χ3n) is 3.19. The number of aryl methyl sites for hydroxylation is 1. The van der Waals surface area contributed by atoms with Crippen molar-refractivity contribution in [1.82, 2.24) is 9.97 Å². The minimum absolute atomic E-state index is 0.105. The summed E-state index contributed by atoms with van der Waals surface area (Å²) in [5.74, 6) is 0.611. The fourth-order valence-corrected chi connectivity index (χ4v) is 2.36. The number of nitrogens with zero attached hydrogens (tertiary/aromatic N) is 1. The molecule has 2 aromatic rings. The molecule has 1 aromatic heterocycles. The van der Waals surface area contributed by atoms with Gasteiger partial charge in [0.05, 0.1) is 11.3 Å². The highest BCUT2D eigenvalue weighted by Gasteiger charge is 2.33. The van der Waals surface area contributed by atoms with Crippen LogP contribution in [0.5, 0.6) is 0 Å². The van der Waals surface area contributed by atoms with Crippen LogP contribution in [0.25, 0.3) is 11.3 Å². The van der Waals surface area contributed by atoms with E-state index in [9.17, 15) is 13.2 Å². The van der Waals surface area contributed by atoms with Gasteiger partial charge in [0.15, 0.2) is 0 Å². The van der Waals surface area contributed by atoms with Crippen LogP contribution in [0.3, 0.4) is 0 Å². The van der Waals surface area contributed by atoms with E-state index in [1.807, 2.05) is 6.92 Å². The van der Waals surface area contributed by atoms with Crippen LogP contribution < -0.4 is 0 Å². The van der Waals surface area contributed by atoms with Crippen molar-refractivity contribution < 1.29 is 13.2 Å². The number of aromatic nitrogens is 2. The van der Waals surface area contributed by atoms with E-state index in [4.69, 9.17) is 12.2 Å². The van der Waals surface area contributed by atoms with E-state index in [1.54, 1.807) is 13.0 Å². The lowest BCUT2D eigenvalue weighted by Gasteiger charge is -2.15. The van der Waals surface area contributed by atoms with E-state index >= 15 is 0 Å². The van der Waals surface area contributed by atoms with Crippen molar-refractivity contribution in [1.29, 1.82) is 0 Å². The number of alkyl halides is 3. The predicted octanol–water partition coefficient (Wildman–Crippen LogP) is 5.09. The number of hydrogen-bond donors (Lipinski definition) is 1. The van der Waals surface area contributed by atoms with Crippen molar-refractivity contribution in [3.8, 4) is 11.3 Å². The second-order valence-corrected chi connectivity index (χ2v) is 5.17. The Balaban J connectivity index is 2.70. The summed E-state index contributed by atoms with van der Waals surface area (Å²) >= 11 is 5.17. The lowest BCUT2D eigenvalue weighted by Crippen LogP contribution is -2.09. The molecule has 2 nitrogen and oxygen atoms in total. The Bertz CT molecular complexity index is 705. The van der Waals surface area contributed by atoms with Gasteiger partial charge in [-0.3, -0.25) is 0 Å². The molecule has 21 heavy (non-hydrogen) atoms. The van der Waals surface area contributed by atoms with Crippen LogP contribution in [0.2, 0.25) is 0 Å². The van der Waals surface area contributed by atoms with E-state index in [0.717, 1.165) is 12.5 Å². The molecule has 0 fully saturated rings. The van der Waals surface area contributed by atoms with Gasteiger partial charge in [0.25, 0.3) is 0 Å². The molecule has 1 N–H and O–H groups in total. The highest BCUT2D eigenvalue weighted by Crippen LogP contribution is 2.37. The molecule has 0 aliphatic heterocycles. The van der Waals surface area contributed by atoms with Crippen LogP contribution in [0.4, 0.5) is 13.2 Å². The molecule has 0 atom stereocenters. The Morgan fingerprint density at radius 1 is 1.24 bits per heavy atom. The van der Waals surface area contributed by atoms with E-state index in [0.29, 0.717) is 28.1 Å². The number of H-pyrrole nitrogens is 1. The Labute approximate surface area is 126 Å². The highest BCUT2D eigenvalue weighted by atomic mass is 32.1. The molecule has 1 heterocycles. The fraction of sp³-hybridized carbons (Fsp3) is 0.333. The molecule has 112 valence electrons. The second kappa shape index (κ2) is 5.97. The van der Waals surface area contributed by atoms with Crippen LogP contribution in [-0.2, 0) is 12.6 Å². The first-order valence-corrected chi connectivity index (χ1v) is 7.01. The van der Waals surface area contributed by atoms with Gasteiger partial charge in [0.1, 0.15) is 10.5 Å². The number of halogens is 3. The first kappa shape index (κ1) is 15.7. The van der Waals surface area contributed by atoms with E-state index in [2.05, 4.69) is 9.97 Å². The zero-order valence-corrected chi connectivity index (χ0v) is 12.5. The molecule has 0 aliphatic rings. The molecular formula is C15H15F3N2S. The molecule has 0 spiro atoms. The van der Waals surface area contributed by atoms with Gasteiger partial charge in [-0.05, 0) is 19.4 Å². The summed E-state index contributed by atoms with van der Waals surface area (Å²) in [5, 5.41) is 0. The van der Waals surface area contributed by atoms with Crippen LogP contribution in [0.1, 0.15) is 30.3 Å². The SMILES string of the molecule is CCCc1nc(=S)c(C)c(-c2ccccc2C(F)(F)F)[nH]1. The molecule has 6 heteroatoms. The maximum Gasteiger partial charge on any atom is 0.417 e. The summed E-state index contributed by atoms with van der Waals surface area (Å²) in [6.07, 6.45) is -2.93. The number of benzene rings is 1. The molecule has 0 saturated carbocycles. The number of aromatic amines is 1. The smallest absolute Gasteiger partial charge is 0.343 e. The molecule has 0 amide bonds. The summed E-state index contributed by atoms with van der Waals surface area (Å²) in [6.45, 7) is 3.66. The maximum atomic E-state index is 13.2. The highest BCUT2D eigenvalue weighted by molar-refractivity contribution is 7.71. The third-order valence-corrected chi connectivity index (χ3v) is 3.59. The summed E-state index contributed by atoms with van der Waals surface area (Å²) < 4.78 is 39.8. The standard InChI is InChI=1S/C15H15F3N2S/c1-3-6-12-19-13(9(2)14(21)20-12)10-7-4-5-8-11(10)15(16,17)18/h4-5,7-8H,3,6H2,1-2H3,(H,19,20,21). The lowest BCUT2D eigenvalue weighted by atomic mass is 10.0. The molecule has 1 aromatic carbocycles. The Morgan fingerprint density at radius 2 is 1.90 bits per heavy atom. The quantitative estimate of drug-likeness (QED) is 0.800. The van der Waals surface area contributed by atoms with Crippen molar-refractivity contribution in [3.05, 3.63) is 45.9 Å². The maximum absolute atomic E-state index is 13.2. The minimum Gasteiger partial charge on any atom is -0.343 e. The topological polar surface area (TPSA) is 28.7 Å². The van der Waals surface area contributed by atoms with Crippen molar-refractivity contribution in [3.63, 3.8) is 0 Å². The first-order chi connectivity index (χ1) is 9.84. The molecular weight excluding hydrogens is 297 g/mol. The van der Waals surface area contributed by atoms with Crippen molar-refractivity contribution in [2.75, 3.05) is 0 Å². The van der Waals surface area contributed by atoms with Crippen molar-refractivity contribution >= 4 is 12.2 Å². The zero-order chi connectivity index (χ0) is 15.6. The average molecular weight is 312 g/mol. The van der Waals surface area contributed by atoms with Gasteiger partial charge in [-0.2, -0.15) is 13.2 Å². The fourth-order valence-electron chi connectivity index (χ4n) is 2.15. The lowest BCUT2D eigenvalue weighted by molar-refractivity contribution is -0.137. The van der Waals surface area contributed by atoms with Gasteiger partial charge in [-0.15, -0.1) is 0 Å². The molecule has 0 saturated heterocycles. The van der Waals surface area contributed by atoms with Crippen molar-refractivity contribution in [2.24, 2.45) is 0 Å². The van der Waals surface area contributed by atoms with Gasteiger partial charge in [-0.1, -0.05) is 37.3 Å². The predicted molar refractivity (Wildman–Crippen MR) is 78.6 cm³/mol. The van der Waals surface area contributed by atoms with E-state index in [1.165, 1.54) is 12.1 Å². The van der Waals surface area contributed by atoms with Gasteiger partial charge in [0.2, 0.25) is 0 Å².